The van der Waals surface area contributed by atoms with E-state index in [0.29, 0.717) is 6.54 Å². The van der Waals surface area contributed by atoms with Gasteiger partial charge in [0.1, 0.15) is 5.75 Å². The molecular weight excluding hydrogens is 322 g/mol. The molecule has 20 heavy (non-hydrogen) atoms. The Labute approximate surface area is 125 Å². The molecule has 2 aromatic rings. The van der Waals surface area contributed by atoms with Crippen molar-refractivity contribution in [2.24, 2.45) is 0 Å². The number of carboxylic acids is 1. The first kappa shape index (κ1) is 14.4. The first-order chi connectivity index (χ1) is 9.47. The third-order valence-corrected chi connectivity index (χ3v) is 3.48. The quantitative estimate of drug-likeness (QED) is 0.795. The largest absolute Gasteiger partial charge is 0.508 e. The van der Waals surface area contributed by atoms with E-state index in [9.17, 15) is 9.90 Å². The smallest absolute Gasteiger partial charge is 0.335 e. The van der Waals surface area contributed by atoms with Crippen molar-refractivity contribution in [3.8, 4) is 5.75 Å². The first-order valence-electron chi connectivity index (χ1n) is 6.02. The van der Waals surface area contributed by atoms with Gasteiger partial charge in [0.05, 0.1) is 5.56 Å². The zero-order chi connectivity index (χ0) is 14.7. The standard InChI is InChI=1S/C15H14BrNO3/c1-9-6-10(15(19)20)2-4-13(9)17-8-11-7-12(16)3-5-14(11)18/h2-7,17-18H,8H2,1H3,(H,19,20). The van der Waals surface area contributed by atoms with Crippen LogP contribution in [0.3, 0.4) is 0 Å². The van der Waals surface area contributed by atoms with Crippen LogP contribution in [0.25, 0.3) is 0 Å². The SMILES string of the molecule is Cc1cc(C(=O)O)ccc1NCc1cc(Br)ccc1O. The number of aryl methyl sites for hydroxylation is 1. The monoisotopic (exact) mass is 335 g/mol. The number of carboxylic acid groups (broad SMARTS) is 1. The third-order valence-electron chi connectivity index (χ3n) is 2.98. The minimum Gasteiger partial charge on any atom is -0.508 e. The summed E-state index contributed by atoms with van der Waals surface area (Å²) in [6.45, 7) is 2.30. The Bertz CT molecular complexity index is 656. The number of anilines is 1. The molecule has 0 radical (unpaired) electrons. The van der Waals surface area contributed by atoms with Crippen LogP contribution in [0.1, 0.15) is 21.5 Å². The van der Waals surface area contributed by atoms with Crippen LogP contribution in [0.2, 0.25) is 0 Å². The molecule has 0 spiro atoms. The number of phenols is 1. The van der Waals surface area contributed by atoms with Gasteiger partial charge in [0.2, 0.25) is 0 Å². The maximum Gasteiger partial charge on any atom is 0.335 e. The third kappa shape index (κ3) is 3.30. The molecule has 0 saturated heterocycles. The molecule has 5 heteroatoms. The maximum atomic E-state index is 10.9. The number of benzene rings is 2. The van der Waals surface area contributed by atoms with E-state index < -0.39 is 5.97 Å². The van der Waals surface area contributed by atoms with Crippen molar-refractivity contribution in [1.82, 2.24) is 0 Å². The second kappa shape index (κ2) is 5.96. The van der Waals surface area contributed by atoms with Crippen molar-refractivity contribution in [1.29, 1.82) is 0 Å². The molecule has 0 bridgehead atoms. The number of nitrogens with one attached hydrogen (secondary N) is 1. The average Bonchev–Trinajstić information content (AvgIpc) is 2.40. The van der Waals surface area contributed by atoms with Crippen molar-refractivity contribution in [2.45, 2.75) is 13.5 Å². The Hall–Kier alpha value is -2.01. The lowest BCUT2D eigenvalue weighted by atomic mass is 10.1. The van der Waals surface area contributed by atoms with Gasteiger partial charge in [-0.05, 0) is 48.9 Å². The van der Waals surface area contributed by atoms with Gasteiger partial charge in [0.25, 0.3) is 0 Å². The highest BCUT2D eigenvalue weighted by Crippen LogP contribution is 2.24. The summed E-state index contributed by atoms with van der Waals surface area (Å²) in [5.74, 6) is -0.718. The highest BCUT2D eigenvalue weighted by molar-refractivity contribution is 9.10. The lowest BCUT2D eigenvalue weighted by Crippen LogP contribution is -2.03. The van der Waals surface area contributed by atoms with Gasteiger partial charge >= 0.3 is 5.97 Å². The zero-order valence-corrected chi connectivity index (χ0v) is 12.4. The highest BCUT2D eigenvalue weighted by atomic mass is 79.9. The molecule has 4 nitrogen and oxygen atoms in total. The van der Waals surface area contributed by atoms with Gasteiger partial charge in [-0.1, -0.05) is 15.9 Å². The van der Waals surface area contributed by atoms with Crippen molar-refractivity contribution >= 4 is 27.6 Å². The number of halogens is 1. The van der Waals surface area contributed by atoms with Crippen LogP contribution in [-0.2, 0) is 6.54 Å². The van der Waals surface area contributed by atoms with Gasteiger partial charge in [-0.2, -0.15) is 0 Å². The molecule has 0 amide bonds. The molecule has 0 saturated carbocycles. The van der Waals surface area contributed by atoms with Crippen LogP contribution in [0.5, 0.6) is 5.75 Å². The predicted octanol–water partition coefficient (Wildman–Crippen LogP) is 3.77. The summed E-state index contributed by atoms with van der Waals surface area (Å²) in [6.07, 6.45) is 0. The van der Waals surface area contributed by atoms with E-state index in [1.807, 2.05) is 13.0 Å². The number of phenolic OH excluding ortho intramolecular Hbond substituents is 1. The van der Waals surface area contributed by atoms with E-state index in [2.05, 4.69) is 21.2 Å². The van der Waals surface area contributed by atoms with Crippen molar-refractivity contribution < 1.29 is 15.0 Å². The predicted molar refractivity (Wildman–Crippen MR) is 81.3 cm³/mol. The number of hydrogen-bond acceptors (Lipinski definition) is 3. The molecule has 0 aliphatic rings. The average molecular weight is 336 g/mol. The molecule has 0 unspecified atom stereocenters. The van der Waals surface area contributed by atoms with E-state index in [4.69, 9.17) is 5.11 Å². The van der Waals surface area contributed by atoms with E-state index in [-0.39, 0.29) is 11.3 Å². The lowest BCUT2D eigenvalue weighted by Gasteiger charge is -2.11. The molecule has 2 aromatic carbocycles. The van der Waals surface area contributed by atoms with Gasteiger partial charge in [-0.3, -0.25) is 0 Å². The summed E-state index contributed by atoms with van der Waals surface area (Å²) in [4.78, 5) is 10.9. The maximum absolute atomic E-state index is 10.9. The number of carbonyl (C=O) groups is 1. The van der Waals surface area contributed by atoms with Crippen LogP contribution < -0.4 is 5.32 Å². The molecule has 104 valence electrons. The van der Waals surface area contributed by atoms with Crippen LogP contribution in [0.4, 0.5) is 5.69 Å². The number of hydrogen-bond donors (Lipinski definition) is 3. The van der Waals surface area contributed by atoms with Crippen LogP contribution in [0, 0.1) is 6.92 Å². The molecule has 2 rings (SSSR count). The van der Waals surface area contributed by atoms with Gasteiger partial charge in [-0.25, -0.2) is 4.79 Å². The van der Waals surface area contributed by atoms with Crippen molar-refractivity contribution in [3.63, 3.8) is 0 Å². The van der Waals surface area contributed by atoms with Gasteiger partial charge in [0, 0.05) is 22.3 Å². The topological polar surface area (TPSA) is 69.6 Å². The van der Waals surface area contributed by atoms with E-state index in [1.165, 1.54) is 0 Å². The summed E-state index contributed by atoms with van der Waals surface area (Å²) < 4.78 is 0.894. The van der Waals surface area contributed by atoms with Crippen molar-refractivity contribution in [3.05, 3.63) is 57.6 Å². The van der Waals surface area contributed by atoms with Crippen LogP contribution >= 0.6 is 15.9 Å². The first-order valence-corrected chi connectivity index (χ1v) is 6.82. The van der Waals surface area contributed by atoms with E-state index in [1.54, 1.807) is 30.3 Å². The molecule has 0 heterocycles. The second-order valence-corrected chi connectivity index (χ2v) is 5.38. The molecular formula is C15H14BrNO3. The molecule has 0 aliphatic carbocycles. The zero-order valence-electron chi connectivity index (χ0n) is 10.9. The van der Waals surface area contributed by atoms with E-state index in [0.717, 1.165) is 21.3 Å². The molecule has 0 atom stereocenters. The Morgan fingerprint density at radius 1 is 1.25 bits per heavy atom. The summed E-state index contributed by atoms with van der Waals surface area (Å²) in [5.41, 5.74) is 2.72. The fourth-order valence-corrected chi connectivity index (χ4v) is 2.29. The Morgan fingerprint density at radius 2 is 2.00 bits per heavy atom. The number of aromatic hydroxyl groups is 1. The van der Waals surface area contributed by atoms with Gasteiger partial charge in [-0.15, -0.1) is 0 Å². The summed E-state index contributed by atoms with van der Waals surface area (Å²) >= 11 is 3.36. The minimum absolute atomic E-state index is 0.223. The Kier molecular flexibility index (Phi) is 4.29. The van der Waals surface area contributed by atoms with Gasteiger partial charge in [0.15, 0.2) is 0 Å². The minimum atomic E-state index is -0.940. The molecule has 0 aromatic heterocycles. The normalized spacial score (nSPS) is 10.3. The Morgan fingerprint density at radius 3 is 2.65 bits per heavy atom. The van der Waals surface area contributed by atoms with Crippen molar-refractivity contribution in [2.75, 3.05) is 5.32 Å². The van der Waals surface area contributed by atoms with Crippen LogP contribution in [-0.4, -0.2) is 16.2 Å². The Balaban J connectivity index is 2.15. The number of aromatic carboxylic acids is 1. The lowest BCUT2D eigenvalue weighted by molar-refractivity contribution is 0.0697. The second-order valence-electron chi connectivity index (χ2n) is 4.46. The van der Waals surface area contributed by atoms with Gasteiger partial charge < -0.3 is 15.5 Å². The molecule has 3 N–H and O–H groups in total. The summed E-state index contributed by atoms with van der Waals surface area (Å²) in [5, 5.41) is 21.9. The summed E-state index contributed by atoms with van der Waals surface area (Å²) in [7, 11) is 0. The fourth-order valence-electron chi connectivity index (χ4n) is 1.88. The highest BCUT2D eigenvalue weighted by Gasteiger charge is 2.07. The van der Waals surface area contributed by atoms with E-state index >= 15 is 0 Å². The number of rotatable bonds is 4. The fraction of sp³-hybridized carbons (Fsp3) is 0.133. The molecule has 0 aliphatic heterocycles. The van der Waals surface area contributed by atoms with Crippen LogP contribution in [0.15, 0.2) is 40.9 Å². The summed E-state index contributed by atoms with van der Waals surface area (Å²) in [6, 6.07) is 10.1. The molecule has 0 fully saturated rings.